The van der Waals surface area contributed by atoms with Crippen molar-refractivity contribution in [2.45, 2.75) is 47.5 Å². The van der Waals surface area contributed by atoms with Crippen LogP contribution in [0.5, 0.6) is 0 Å². The number of amides is 1. The summed E-state index contributed by atoms with van der Waals surface area (Å²) in [4.78, 5) is 38.2. The fourth-order valence-electron chi connectivity index (χ4n) is 4.37. The van der Waals surface area contributed by atoms with Crippen LogP contribution >= 0.6 is 0 Å². The summed E-state index contributed by atoms with van der Waals surface area (Å²) in [5.41, 5.74) is 0.0398. The molecule has 2 bridgehead atoms. The van der Waals surface area contributed by atoms with E-state index in [1.807, 2.05) is 52.8 Å². The molecule has 0 aromatic heterocycles. The molecular weight excluding hydrogens is 290 g/mol. The van der Waals surface area contributed by atoms with Crippen molar-refractivity contribution in [1.82, 2.24) is 0 Å². The van der Waals surface area contributed by atoms with Gasteiger partial charge in [-0.05, 0) is 49.3 Å². The van der Waals surface area contributed by atoms with Crippen molar-refractivity contribution >= 4 is 23.2 Å². The van der Waals surface area contributed by atoms with Crippen molar-refractivity contribution in [2.75, 3.05) is 5.32 Å². The van der Waals surface area contributed by atoms with E-state index in [1.54, 1.807) is 0 Å². The Morgan fingerprint density at radius 1 is 1.04 bits per heavy atom. The third-order valence-electron chi connectivity index (χ3n) is 6.57. The van der Waals surface area contributed by atoms with E-state index in [9.17, 15) is 14.4 Å². The number of Topliss-reactive ketones (excluding diaryl/α,β-unsaturated/α-hetero) is 2. The van der Waals surface area contributed by atoms with Crippen LogP contribution in [0.4, 0.5) is 5.69 Å². The lowest BCUT2D eigenvalue weighted by Gasteiger charge is -2.37. The number of aryl methyl sites for hydroxylation is 2. The van der Waals surface area contributed by atoms with Gasteiger partial charge in [-0.1, -0.05) is 32.9 Å². The first-order valence-electron chi connectivity index (χ1n) is 8.06. The summed E-state index contributed by atoms with van der Waals surface area (Å²) in [6, 6.07) is 5.81. The maximum atomic E-state index is 13.1. The van der Waals surface area contributed by atoms with E-state index in [-0.39, 0.29) is 11.7 Å². The minimum atomic E-state index is -1.24. The Bertz CT molecular complexity index is 749. The van der Waals surface area contributed by atoms with Gasteiger partial charge in [-0.2, -0.15) is 0 Å². The summed E-state index contributed by atoms with van der Waals surface area (Å²) in [6.45, 7) is 9.45. The molecule has 3 rings (SSSR count). The number of hydrogen-bond donors (Lipinski definition) is 1. The average molecular weight is 313 g/mol. The van der Waals surface area contributed by atoms with Crippen LogP contribution in [0.15, 0.2) is 18.2 Å². The molecule has 122 valence electrons. The zero-order valence-electron chi connectivity index (χ0n) is 14.4. The molecule has 0 heterocycles. The second-order valence-electron chi connectivity index (χ2n) is 7.79. The Hall–Kier alpha value is -1.97. The first kappa shape index (κ1) is 15.9. The van der Waals surface area contributed by atoms with Gasteiger partial charge in [0.2, 0.25) is 17.5 Å². The van der Waals surface area contributed by atoms with Crippen LogP contribution in [-0.4, -0.2) is 17.5 Å². The number of fused-ring (bicyclic) bond motifs is 2. The first-order chi connectivity index (χ1) is 10.6. The van der Waals surface area contributed by atoms with Crippen molar-refractivity contribution in [2.24, 2.45) is 16.2 Å². The molecule has 2 fully saturated rings. The molecule has 4 nitrogen and oxygen atoms in total. The van der Waals surface area contributed by atoms with Gasteiger partial charge in [0, 0.05) is 11.1 Å². The Labute approximate surface area is 136 Å². The minimum Gasteiger partial charge on any atom is -0.325 e. The second-order valence-corrected chi connectivity index (χ2v) is 7.79. The molecule has 0 spiro atoms. The summed E-state index contributed by atoms with van der Waals surface area (Å²) in [5.74, 6) is -1.24. The smallest absolute Gasteiger partial charge is 0.239 e. The maximum absolute atomic E-state index is 13.1. The van der Waals surface area contributed by atoms with Gasteiger partial charge < -0.3 is 5.32 Å². The lowest BCUT2D eigenvalue weighted by atomic mass is 9.64. The quantitative estimate of drug-likeness (QED) is 0.673. The summed E-state index contributed by atoms with van der Waals surface area (Å²) in [6.07, 6.45) is 1.03. The highest BCUT2D eigenvalue weighted by atomic mass is 16.2. The minimum absolute atomic E-state index is 0.337. The normalized spacial score (nSPS) is 31.5. The third kappa shape index (κ3) is 1.69. The van der Waals surface area contributed by atoms with Crippen LogP contribution in [0.2, 0.25) is 0 Å². The lowest BCUT2D eigenvalue weighted by Crippen LogP contribution is -2.47. The number of nitrogens with one attached hydrogen (secondary N) is 1. The van der Waals surface area contributed by atoms with Crippen LogP contribution in [0.25, 0.3) is 0 Å². The fourth-order valence-corrected chi connectivity index (χ4v) is 4.37. The zero-order valence-corrected chi connectivity index (χ0v) is 14.4. The molecule has 1 N–H and O–H groups in total. The van der Waals surface area contributed by atoms with Gasteiger partial charge in [0.05, 0.1) is 0 Å². The fraction of sp³-hybridized carbons (Fsp3) is 0.526. The Kier molecular flexibility index (Phi) is 3.13. The molecule has 0 aliphatic heterocycles. The topological polar surface area (TPSA) is 63.2 Å². The molecule has 2 saturated carbocycles. The summed E-state index contributed by atoms with van der Waals surface area (Å²) < 4.78 is 0. The van der Waals surface area contributed by atoms with Crippen molar-refractivity contribution in [3.63, 3.8) is 0 Å². The van der Waals surface area contributed by atoms with Crippen LogP contribution in [0.1, 0.15) is 44.7 Å². The number of carbonyl (C=O) groups excluding carboxylic acids is 3. The molecule has 1 amide bonds. The maximum Gasteiger partial charge on any atom is 0.239 e. The van der Waals surface area contributed by atoms with Crippen LogP contribution in [0, 0.1) is 30.1 Å². The predicted molar refractivity (Wildman–Crippen MR) is 88.1 cm³/mol. The molecule has 0 saturated heterocycles. The third-order valence-corrected chi connectivity index (χ3v) is 6.57. The molecule has 1 aromatic rings. The van der Waals surface area contributed by atoms with E-state index in [0.29, 0.717) is 18.5 Å². The Morgan fingerprint density at radius 3 is 2.26 bits per heavy atom. The molecule has 2 aliphatic carbocycles. The summed E-state index contributed by atoms with van der Waals surface area (Å²) >= 11 is 0. The second kappa shape index (κ2) is 4.53. The van der Waals surface area contributed by atoms with Crippen LogP contribution in [-0.2, 0) is 14.4 Å². The Balaban J connectivity index is 2.04. The van der Waals surface area contributed by atoms with E-state index in [2.05, 4.69) is 5.32 Å². The van der Waals surface area contributed by atoms with Gasteiger partial charge in [-0.15, -0.1) is 0 Å². The molecule has 4 heteroatoms. The van der Waals surface area contributed by atoms with Crippen molar-refractivity contribution < 1.29 is 14.4 Å². The molecule has 2 aliphatic rings. The highest BCUT2D eigenvalue weighted by Gasteiger charge is 2.77. The van der Waals surface area contributed by atoms with Crippen LogP contribution in [0.3, 0.4) is 0 Å². The van der Waals surface area contributed by atoms with Crippen LogP contribution < -0.4 is 5.32 Å². The summed E-state index contributed by atoms with van der Waals surface area (Å²) in [7, 11) is 0. The predicted octanol–water partition coefficient (Wildman–Crippen LogP) is 3.21. The van der Waals surface area contributed by atoms with Gasteiger partial charge >= 0.3 is 0 Å². The van der Waals surface area contributed by atoms with Gasteiger partial charge in [0.15, 0.2) is 0 Å². The number of benzene rings is 1. The van der Waals surface area contributed by atoms with Gasteiger partial charge in [-0.25, -0.2) is 0 Å². The van der Waals surface area contributed by atoms with E-state index < -0.39 is 22.0 Å². The van der Waals surface area contributed by atoms with Crippen molar-refractivity contribution in [1.29, 1.82) is 0 Å². The zero-order chi connectivity index (χ0) is 17.2. The first-order valence-corrected chi connectivity index (χ1v) is 8.06. The molecule has 1 aromatic carbocycles. The number of anilines is 1. The molecule has 2 atom stereocenters. The van der Waals surface area contributed by atoms with Gasteiger partial charge in [-0.3, -0.25) is 14.4 Å². The van der Waals surface area contributed by atoms with Gasteiger partial charge in [0.1, 0.15) is 5.41 Å². The molecular formula is C19H23NO3. The Morgan fingerprint density at radius 2 is 1.70 bits per heavy atom. The number of hydrogen-bond acceptors (Lipinski definition) is 3. The number of rotatable bonds is 2. The average Bonchev–Trinajstić information content (AvgIpc) is 2.75. The highest BCUT2D eigenvalue weighted by Crippen LogP contribution is 2.69. The van der Waals surface area contributed by atoms with E-state index in [0.717, 1.165) is 11.1 Å². The van der Waals surface area contributed by atoms with E-state index in [1.165, 1.54) is 0 Å². The standard InChI is InChI=1S/C19H23NO3/c1-11-6-7-12(2)13(10-11)20-16(23)19-9-8-18(5,17(19,3)4)14(21)15(19)22/h6-7,10H,8-9H2,1-5H3,(H,20,23). The number of carbonyl (C=O) groups is 3. The molecule has 23 heavy (non-hydrogen) atoms. The van der Waals surface area contributed by atoms with E-state index >= 15 is 0 Å². The monoisotopic (exact) mass is 313 g/mol. The van der Waals surface area contributed by atoms with E-state index in [4.69, 9.17) is 0 Å². The summed E-state index contributed by atoms with van der Waals surface area (Å²) in [5, 5.41) is 2.92. The highest BCUT2D eigenvalue weighted by molar-refractivity contribution is 6.49. The SMILES string of the molecule is Cc1ccc(C)c(NC(=O)C23CCC(C)(C(=O)C2=O)C3(C)C)c1. The molecule has 0 radical (unpaired) electrons. The van der Waals surface area contributed by atoms with Crippen molar-refractivity contribution in [3.05, 3.63) is 29.3 Å². The van der Waals surface area contributed by atoms with Gasteiger partial charge in [0.25, 0.3) is 0 Å². The number of ketones is 2. The van der Waals surface area contributed by atoms with Crippen molar-refractivity contribution in [3.8, 4) is 0 Å². The lowest BCUT2D eigenvalue weighted by molar-refractivity contribution is -0.147. The largest absolute Gasteiger partial charge is 0.325 e. The molecule has 2 unspecified atom stereocenters.